The van der Waals surface area contributed by atoms with Crippen LogP contribution in [0.15, 0.2) is 35.9 Å². The fraction of sp³-hybridized carbons (Fsp3) is 0.469. The van der Waals surface area contributed by atoms with Crippen LogP contribution in [0.4, 0.5) is 5.69 Å². The normalized spacial score (nSPS) is 14.2. The van der Waals surface area contributed by atoms with E-state index in [9.17, 15) is 24.4 Å². The Morgan fingerprint density at radius 1 is 0.978 bits per heavy atom. The molecule has 0 radical (unpaired) electrons. The monoisotopic (exact) mass is 638 g/mol. The van der Waals surface area contributed by atoms with Gasteiger partial charge in [0.15, 0.2) is 0 Å². The van der Waals surface area contributed by atoms with Gasteiger partial charge in [0.25, 0.3) is 5.91 Å². The number of nitrogens with two attached hydrogens (primary N) is 2. The highest BCUT2D eigenvalue weighted by Gasteiger charge is 2.19. The number of nitrogens with one attached hydrogen (secondary N) is 2. The number of nitrogens with zero attached hydrogens (tertiary/aromatic N) is 2. The first-order chi connectivity index (χ1) is 21.6. The van der Waals surface area contributed by atoms with Crippen molar-refractivity contribution in [1.29, 1.82) is 5.26 Å². The van der Waals surface area contributed by atoms with Crippen LogP contribution in [0.25, 0.3) is 16.5 Å². The van der Waals surface area contributed by atoms with E-state index in [-0.39, 0.29) is 11.5 Å². The molecule has 8 N–H and O–H groups in total. The number of anilines is 1. The van der Waals surface area contributed by atoms with Crippen molar-refractivity contribution in [3.8, 4) is 16.5 Å². The summed E-state index contributed by atoms with van der Waals surface area (Å²) in [6.45, 7) is 2.29. The van der Waals surface area contributed by atoms with E-state index in [1.165, 1.54) is 16.9 Å². The Balaban J connectivity index is 1.50. The van der Waals surface area contributed by atoms with Gasteiger partial charge in [-0.25, -0.2) is 0 Å². The van der Waals surface area contributed by atoms with Gasteiger partial charge in [-0.1, -0.05) is 6.07 Å². The summed E-state index contributed by atoms with van der Waals surface area (Å²) in [5, 5.41) is 32.8. The third kappa shape index (κ3) is 11.3. The Labute approximate surface area is 267 Å². The number of thiophene rings is 1. The second-order valence-electron chi connectivity index (χ2n) is 11.0. The number of carboxylic acid groups (broad SMARTS) is 2. The highest BCUT2D eigenvalue weighted by molar-refractivity contribution is 7.16. The maximum atomic E-state index is 12.5. The van der Waals surface area contributed by atoms with Crippen molar-refractivity contribution in [2.75, 3.05) is 31.1 Å². The number of hydrogen-bond acceptors (Lipinski definition) is 9. The minimum Gasteiger partial charge on any atom is -0.480 e. The molecule has 2 aromatic rings. The molecular formula is C32H42N6O6S. The van der Waals surface area contributed by atoms with E-state index in [0.717, 1.165) is 40.4 Å². The number of unbranched alkanes of at least 4 members (excludes halogenated alkanes) is 2. The molecule has 0 saturated heterocycles. The topological polar surface area (TPSA) is 212 Å². The molecule has 2 amide bonds. The number of nitriles is 1. The van der Waals surface area contributed by atoms with Crippen LogP contribution in [0.3, 0.4) is 0 Å². The zero-order valence-corrected chi connectivity index (χ0v) is 26.1. The fourth-order valence-electron chi connectivity index (χ4n) is 5.01. The SMILES string of the molecule is N#C/C(=C\c1ccc(-c2ccc3c(c2)CCCN3CCC(=O)NCCCC[C@@H](N)C(=O)O)s1)C(=O)NCCCCC(N)C(=O)O. The molecule has 3 rings (SSSR count). The molecule has 45 heavy (non-hydrogen) atoms. The molecule has 0 spiro atoms. The second kappa shape index (κ2) is 17.9. The average Bonchev–Trinajstić information content (AvgIpc) is 3.50. The van der Waals surface area contributed by atoms with Gasteiger partial charge >= 0.3 is 11.9 Å². The number of carbonyl (C=O) groups excluding carboxylic acids is 2. The number of aryl methyl sites for hydroxylation is 1. The molecule has 0 saturated carbocycles. The van der Waals surface area contributed by atoms with Crippen LogP contribution < -0.4 is 27.0 Å². The number of carboxylic acids is 2. The van der Waals surface area contributed by atoms with Gasteiger partial charge in [-0.2, -0.15) is 5.26 Å². The molecule has 13 heteroatoms. The molecule has 1 aromatic carbocycles. The maximum absolute atomic E-state index is 12.5. The van der Waals surface area contributed by atoms with E-state index < -0.39 is 29.9 Å². The lowest BCUT2D eigenvalue weighted by atomic mass is 9.98. The first kappa shape index (κ1) is 35.2. The molecule has 1 aromatic heterocycles. The predicted molar refractivity (Wildman–Crippen MR) is 173 cm³/mol. The van der Waals surface area contributed by atoms with Crippen molar-refractivity contribution in [1.82, 2.24) is 10.6 Å². The lowest BCUT2D eigenvalue weighted by molar-refractivity contribution is -0.139. The Bertz CT molecular complexity index is 1420. The molecule has 0 aliphatic carbocycles. The number of fused-ring (bicyclic) bond motifs is 1. The van der Waals surface area contributed by atoms with Crippen LogP contribution in [0.1, 0.15) is 61.8 Å². The van der Waals surface area contributed by atoms with Crippen molar-refractivity contribution in [3.05, 3.63) is 46.3 Å². The second-order valence-corrected chi connectivity index (χ2v) is 12.2. The molecular weight excluding hydrogens is 596 g/mol. The summed E-state index contributed by atoms with van der Waals surface area (Å²) in [4.78, 5) is 50.5. The molecule has 1 unspecified atom stereocenters. The van der Waals surface area contributed by atoms with Crippen molar-refractivity contribution >= 4 is 46.9 Å². The van der Waals surface area contributed by atoms with Crippen LogP contribution >= 0.6 is 11.3 Å². The lowest BCUT2D eigenvalue weighted by Crippen LogP contribution is -2.34. The summed E-state index contributed by atoms with van der Waals surface area (Å²) in [6.07, 6.45) is 6.99. The first-order valence-electron chi connectivity index (χ1n) is 15.2. The Morgan fingerprint density at radius 2 is 1.64 bits per heavy atom. The van der Waals surface area contributed by atoms with E-state index in [2.05, 4.69) is 27.7 Å². The van der Waals surface area contributed by atoms with Crippen molar-refractivity contribution in [2.24, 2.45) is 11.5 Å². The molecule has 2 heterocycles. The van der Waals surface area contributed by atoms with Crippen LogP contribution in [0, 0.1) is 11.3 Å². The van der Waals surface area contributed by atoms with Gasteiger partial charge in [0.1, 0.15) is 23.7 Å². The van der Waals surface area contributed by atoms with Gasteiger partial charge in [-0.3, -0.25) is 19.2 Å². The minimum atomic E-state index is -1.05. The van der Waals surface area contributed by atoms with Gasteiger partial charge in [-0.05, 0) is 92.8 Å². The summed E-state index contributed by atoms with van der Waals surface area (Å²) in [5.41, 5.74) is 14.4. The van der Waals surface area contributed by atoms with E-state index in [1.807, 2.05) is 24.3 Å². The number of amides is 2. The largest absolute Gasteiger partial charge is 0.480 e. The van der Waals surface area contributed by atoms with Gasteiger partial charge in [0.2, 0.25) is 5.91 Å². The molecule has 1 aliphatic rings. The zero-order chi connectivity index (χ0) is 32.8. The Hall–Kier alpha value is -4.25. The van der Waals surface area contributed by atoms with Gasteiger partial charge < -0.3 is 37.2 Å². The van der Waals surface area contributed by atoms with Crippen LogP contribution in [0.5, 0.6) is 0 Å². The Kier molecular flexibility index (Phi) is 14.0. The number of hydrogen-bond donors (Lipinski definition) is 6. The molecule has 2 atom stereocenters. The molecule has 0 fully saturated rings. The van der Waals surface area contributed by atoms with E-state index in [1.54, 1.807) is 6.08 Å². The van der Waals surface area contributed by atoms with E-state index >= 15 is 0 Å². The van der Waals surface area contributed by atoms with Crippen LogP contribution in [0.2, 0.25) is 0 Å². The summed E-state index contributed by atoms with van der Waals surface area (Å²) in [6, 6.07) is 10.3. The maximum Gasteiger partial charge on any atom is 0.320 e. The third-order valence-corrected chi connectivity index (χ3v) is 8.67. The summed E-state index contributed by atoms with van der Waals surface area (Å²) >= 11 is 1.48. The number of carbonyl (C=O) groups is 4. The Morgan fingerprint density at radius 3 is 2.29 bits per heavy atom. The molecule has 0 bridgehead atoms. The number of aliphatic carboxylic acids is 2. The van der Waals surface area contributed by atoms with Gasteiger partial charge in [0.05, 0.1) is 0 Å². The smallest absolute Gasteiger partial charge is 0.320 e. The average molecular weight is 639 g/mol. The van der Waals surface area contributed by atoms with Crippen molar-refractivity contribution in [3.63, 3.8) is 0 Å². The number of benzene rings is 1. The van der Waals surface area contributed by atoms with E-state index in [0.29, 0.717) is 64.6 Å². The van der Waals surface area contributed by atoms with Crippen molar-refractivity contribution < 1.29 is 29.4 Å². The first-order valence-corrected chi connectivity index (χ1v) is 16.0. The summed E-state index contributed by atoms with van der Waals surface area (Å²) in [5.74, 6) is -2.57. The zero-order valence-electron chi connectivity index (χ0n) is 25.3. The summed E-state index contributed by atoms with van der Waals surface area (Å²) in [7, 11) is 0. The fourth-order valence-corrected chi connectivity index (χ4v) is 5.96. The minimum absolute atomic E-state index is 0.00172. The molecule has 1 aliphatic heterocycles. The number of rotatable bonds is 18. The highest BCUT2D eigenvalue weighted by atomic mass is 32.1. The predicted octanol–water partition coefficient (Wildman–Crippen LogP) is 2.86. The third-order valence-electron chi connectivity index (χ3n) is 7.59. The van der Waals surface area contributed by atoms with E-state index in [4.69, 9.17) is 21.7 Å². The standard InChI is InChI=1S/C32H42N6O6S/c33-20-23(30(40)37-15-4-2-8-26(35)32(43)44)19-24-10-12-28(45-24)22-9-11-27-21(18-22)6-5-16-38(27)17-13-29(39)36-14-3-1-7-25(34)31(41)42/h9-12,18-19,25-26H,1-8,13-17,34-35H2,(H,36,39)(H,37,40)(H,41,42)(H,43,44)/b23-19+/t25-,26?/m1/s1. The van der Waals surface area contributed by atoms with Gasteiger partial charge in [0, 0.05) is 48.0 Å². The van der Waals surface area contributed by atoms with Crippen LogP contribution in [-0.2, 0) is 25.6 Å². The van der Waals surface area contributed by atoms with Crippen LogP contribution in [-0.4, -0.2) is 72.2 Å². The lowest BCUT2D eigenvalue weighted by Gasteiger charge is -2.31. The quantitative estimate of drug-likeness (QED) is 0.0798. The highest BCUT2D eigenvalue weighted by Crippen LogP contribution is 2.35. The molecule has 242 valence electrons. The molecule has 12 nitrogen and oxygen atoms in total. The van der Waals surface area contributed by atoms with Gasteiger partial charge in [-0.15, -0.1) is 11.3 Å². The summed E-state index contributed by atoms with van der Waals surface area (Å²) < 4.78 is 0. The van der Waals surface area contributed by atoms with Crippen molar-refractivity contribution in [2.45, 2.75) is 69.9 Å².